The number of hydrogen-bond acceptors (Lipinski definition) is 2. The molecule has 1 atom stereocenters. The summed E-state index contributed by atoms with van der Waals surface area (Å²) in [5.41, 5.74) is 0. The van der Waals surface area contributed by atoms with E-state index in [0.717, 1.165) is 0 Å². The van der Waals surface area contributed by atoms with Gasteiger partial charge in [-0.05, 0) is 5.41 Å². The Morgan fingerprint density at radius 3 is 2.67 bits per heavy atom. The van der Waals surface area contributed by atoms with Crippen molar-refractivity contribution < 1.29 is 4.21 Å². The molecule has 0 unspecified atom stereocenters. The van der Waals surface area contributed by atoms with E-state index in [0.29, 0.717) is 11.5 Å². The first kappa shape index (κ1) is 8.98. The van der Waals surface area contributed by atoms with Crippen molar-refractivity contribution in [1.29, 1.82) is 0 Å². The first-order valence-corrected chi connectivity index (χ1v) is 4.56. The highest BCUT2D eigenvalue weighted by Gasteiger charge is 1.89. The van der Waals surface area contributed by atoms with Crippen molar-refractivity contribution in [2.24, 2.45) is 0 Å². The van der Waals surface area contributed by atoms with E-state index >= 15 is 0 Å². The average molecular weight is 162 g/mol. The van der Waals surface area contributed by atoms with Crippen LogP contribution in [0.1, 0.15) is 0 Å². The lowest BCUT2D eigenvalue weighted by Gasteiger charge is -1.88. The predicted octanol–water partition coefficient (Wildman–Crippen LogP) is 1.36. The standard InChI is InChI=1S/C6H10OS2/c1-2-5-9(7)6-3-4-8/h2-4,8H,1,5-6H2/b4-3+/t9-/m0/s1. The molecule has 9 heavy (non-hydrogen) atoms. The normalized spacial score (nSPS) is 13.9. The topological polar surface area (TPSA) is 17.1 Å². The second-order valence-electron chi connectivity index (χ2n) is 1.45. The summed E-state index contributed by atoms with van der Waals surface area (Å²) in [6.07, 6.45) is 3.42. The molecule has 0 aromatic rings. The van der Waals surface area contributed by atoms with Crippen LogP contribution in [0.4, 0.5) is 0 Å². The van der Waals surface area contributed by atoms with Gasteiger partial charge < -0.3 is 0 Å². The predicted molar refractivity (Wildman–Crippen MR) is 46.2 cm³/mol. The molecule has 0 aromatic heterocycles. The minimum absolute atomic E-state index is 0.568. The Morgan fingerprint density at radius 2 is 2.22 bits per heavy atom. The highest BCUT2D eigenvalue weighted by atomic mass is 32.2. The Bertz CT molecular complexity index is 129. The van der Waals surface area contributed by atoms with E-state index in [9.17, 15) is 4.21 Å². The summed E-state index contributed by atoms with van der Waals surface area (Å²) in [7, 11) is -0.774. The molecule has 0 heterocycles. The molecule has 0 saturated heterocycles. The fourth-order valence-electron chi connectivity index (χ4n) is 0.350. The van der Waals surface area contributed by atoms with Crippen LogP contribution < -0.4 is 0 Å². The van der Waals surface area contributed by atoms with E-state index in [-0.39, 0.29) is 0 Å². The zero-order chi connectivity index (χ0) is 7.11. The molecule has 0 saturated carbocycles. The molecule has 0 rings (SSSR count). The first-order valence-electron chi connectivity index (χ1n) is 2.56. The maximum Gasteiger partial charge on any atom is 0.0426 e. The van der Waals surface area contributed by atoms with Crippen molar-refractivity contribution in [3.8, 4) is 0 Å². The Kier molecular flexibility index (Phi) is 6.09. The van der Waals surface area contributed by atoms with E-state index in [1.165, 1.54) is 0 Å². The lowest BCUT2D eigenvalue weighted by molar-refractivity contribution is 0.687. The van der Waals surface area contributed by atoms with Crippen LogP contribution in [0.3, 0.4) is 0 Å². The summed E-state index contributed by atoms with van der Waals surface area (Å²) in [6.45, 7) is 3.47. The molecule has 52 valence electrons. The van der Waals surface area contributed by atoms with Crippen molar-refractivity contribution in [3.05, 3.63) is 24.1 Å². The van der Waals surface area contributed by atoms with Gasteiger partial charge in [-0.25, -0.2) is 0 Å². The van der Waals surface area contributed by atoms with Gasteiger partial charge in [0.1, 0.15) is 0 Å². The van der Waals surface area contributed by atoms with Gasteiger partial charge >= 0.3 is 0 Å². The Labute approximate surface area is 63.7 Å². The zero-order valence-electron chi connectivity index (χ0n) is 5.12. The lowest BCUT2D eigenvalue weighted by Crippen LogP contribution is -1.96. The van der Waals surface area contributed by atoms with Gasteiger partial charge in [0.2, 0.25) is 0 Å². The molecule has 0 radical (unpaired) electrons. The molecule has 0 aliphatic heterocycles. The van der Waals surface area contributed by atoms with Crippen LogP contribution in [-0.4, -0.2) is 15.7 Å². The first-order chi connectivity index (χ1) is 4.31. The zero-order valence-corrected chi connectivity index (χ0v) is 6.83. The van der Waals surface area contributed by atoms with Crippen molar-refractivity contribution in [2.45, 2.75) is 0 Å². The van der Waals surface area contributed by atoms with Crippen molar-refractivity contribution in [1.82, 2.24) is 0 Å². The summed E-state index contributed by atoms with van der Waals surface area (Å²) < 4.78 is 10.8. The van der Waals surface area contributed by atoms with Crippen LogP contribution in [0, 0.1) is 0 Å². The molecule has 0 N–H and O–H groups in total. The van der Waals surface area contributed by atoms with Crippen LogP contribution >= 0.6 is 12.6 Å². The van der Waals surface area contributed by atoms with Gasteiger partial charge in [-0.15, -0.1) is 6.58 Å². The fraction of sp³-hybridized carbons (Fsp3) is 0.333. The third kappa shape index (κ3) is 5.86. The summed E-state index contributed by atoms with van der Waals surface area (Å²) in [4.78, 5) is 0. The van der Waals surface area contributed by atoms with Gasteiger partial charge in [0.15, 0.2) is 0 Å². The van der Waals surface area contributed by atoms with Gasteiger partial charge in [0.25, 0.3) is 0 Å². The molecular weight excluding hydrogens is 152 g/mol. The number of hydrogen-bond donors (Lipinski definition) is 1. The summed E-state index contributed by atoms with van der Waals surface area (Å²) in [6, 6.07) is 0. The molecular formula is C6H10OS2. The summed E-state index contributed by atoms with van der Waals surface area (Å²) >= 11 is 3.82. The van der Waals surface area contributed by atoms with Gasteiger partial charge in [0, 0.05) is 22.3 Å². The molecule has 3 heteroatoms. The van der Waals surface area contributed by atoms with E-state index < -0.39 is 10.8 Å². The second kappa shape index (κ2) is 6.11. The van der Waals surface area contributed by atoms with Gasteiger partial charge in [-0.3, -0.25) is 4.21 Å². The van der Waals surface area contributed by atoms with E-state index in [4.69, 9.17) is 0 Å². The van der Waals surface area contributed by atoms with Crippen LogP contribution in [0.15, 0.2) is 24.1 Å². The minimum Gasteiger partial charge on any atom is -0.259 e. The maximum atomic E-state index is 10.8. The Hall–Kier alpha value is -0.0200. The van der Waals surface area contributed by atoms with E-state index in [2.05, 4.69) is 19.2 Å². The molecule has 0 aliphatic carbocycles. The molecule has 0 fully saturated rings. The van der Waals surface area contributed by atoms with Gasteiger partial charge in [0.05, 0.1) is 0 Å². The van der Waals surface area contributed by atoms with Gasteiger partial charge in [-0.1, -0.05) is 12.2 Å². The van der Waals surface area contributed by atoms with E-state index in [1.54, 1.807) is 17.6 Å². The highest BCUT2D eigenvalue weighted by molar-refractivity contribution is 7.85. The maximum absolute atomic E-state index is 10.8. The lowest BCUT2D eigenvalue weighted by atomic mass is 10.8. The second-order valence-corrected chi connectivity index (χ2v) is 3.29. The Morgan fingerprint density at radius 1 is 1.56 bits per heavy atom. The van der Waals surface area contributed by atoms with Crippen molar-refractivity contribution in [3.63, 3.8) is 0 Å². The number of rotatable bonds is 4. The monoisotopic (exact) mass is 162 g/mol. The molecule has 0 aromatic carbocycles. The largest absolute Gasteiger partial charge is 0.259 e. The quantitative estimate of drug-likeness (QED) is 0.488. The SMILES string of the molecule is C=CC[S@](=O)C/C=C/S. The van der Waals surface area contributed by atoms with Crippen molar-refractivity contribution >= 4 is 23.4 Å². The molecule has 0 amide bonds. The fourth-order valence-corrected chi connectivity index (χ4v) is 1.31. The summed E-state index contributed by atoms with van der Waals surface area (Å²) in [5.74, 6) is 1.15. The van der Waals surface area contributed by atoms with Crippen LogP contribution in [0.2, 0.25) is 0 Å². The third-order valence-electron chi connectivity index (χ3n) is 0.691. The molecule has 0 aliphatic rings. The summed E-state index contributed by atoms with van der Waals surface area (Å²) in [5, 5.41) is 1.60. The van der Waals surface area contributed by atoms with Crippen LogP contribution in [0.25, 0.3) is 0 Å². The van der Waals surface area contributed by atoms with Crippen molar-refractivity contribution in [2.75, 3.05) is 11.5 Å². The molecule has 1 nitrogen and oxygen atoms in total. The Balaban J connectivity index is 3.38. The molecule has 0 spiro atoms. The number of thiol groups is 1. The van der Waals surface area contributed by atoms with Crippen LogP contribution in [0.5, 0.6) is 0 Å². The minimum atomic E-state index is -0.774. The average Bonchev–Trinajstić information content (AvgIpc) is 1.85. The van der Waals surface area contributed by atoms with E-state index in [1.807, 2.05) is 0 Å². The van der Waals surface area contributed by atoms with Crippen LogP contribution in [-0.2, 0) is 10.8 Å². The van der Waals surface area contributed by atoms with Gasteiger partial charge in [-0.2, -0.15) is 12.6 Å². The smallest absolute Gasteiger partial charge is 0.0426 e. The molecule has 0 bridgehead atoms. The highest BCUT2D eigenvalue weighted by Crippen LogP contribution is 1.85. The third-order valence-corrected chi connectivity index (χ3v) is 2.07.